The van der Waals surface area contributed by atoms with Crippen LogP contribution in [0.3, 0.4) is 0 Å². The second kappa shape index (κ2) is 7.35. The second-order valence-corrected chi connectivity index (χ2v) is 4.53. The number of aromatic nitrogens is 1. The zero-order valence-corrected chi connectivity index (χ0v) is 11.8. The second-order valence-electron chi connectivity index (χ2n) is 4.53. The van der Waals surface area contributed by atoms with Gasteiger partial charge in [0.05, 0.1) is 11.1 Å². The molecule has 0 aliphatic heterocycles. The van der Waals surface area contributed by atoms with E-state index in [9.17, 15) is 10.1 Å². The Morgan fingerprint density at radius 2 is 2.14 bits per heavy atom. The van der Waals surface area contributed by atoms with Crippen LogP contribution >= 0.6 is 0 Å². The van der Waals surface area contributed by atoms with Gasteiger partial charge in [0, 0.05) is 18.8 Å². The van der Waals surface area contributed by atoms with Gasteiger partial charge in [0.1, 0.15) is 5.75 Å². The summed E-state index contributed by atoms with van der Waals surface area (Å²) in [7, 11) is 0. The molecule has 0 spiro atoms. The van der Waals surface area contributed by atoms with Crippen LogP contribution in [0.25, 0.3) is 0 Å². The number of ether oxygens (including phenoxy) is 1. The maximum absolute atomic E-state index is 11.0. The molecule has 0 saturated heterocycles. The van der Waals surface area contributed by atoms with E-state index in [1.54, 1.807) is 30.6 Å². The third-order valence-electron chi connectivity index (χ3n) is 2.82. The minimum Gasteiger partial charge on any atom is -0.448 e. The van der Waals surface area contributed by atoms with Gasteiger partial charge in [-0.2, -0.15) is 0 Å². The number of pyridine rings is 1. The molecule has 0 amide bonds. The SMILES string of the molecule is CCCNCc1cncc(Oc2ccccc2[N+](=O)[O-])c1. The van der Waals surface area contributed by atoms with Crippen molar-refractivity contribution in [3.05, 3.63) is 58.4 Å². The Kier molecular flexibility index (Phi) is 5.22. The molecule has 0 atom stereocenters. The first-order chi connectivity index (χ1) is 10.2. The minimum absolute atomic E-state index is 0.0630. The van der Waals surface area contributed by atoms with E-state index in [1.807, 2.05) is 6.07 Å². The molecule has 1 aromatic heterocycles. The van der Waals surface area contributed by atoms with Crippen LogP contribution in [0, 0.1) is 10.1 Å². The summed E-state index contributed by atoms with van der Waals surface area (Å²) in [6.07, 6.45) is 4.34. The topological polar surface area (TPSA) is 77.3 Å². The van der Waals surface area contributed by atoms with Gasteiger partial charge in [-0.05, 0) is 30.7 Å². The summed E-state index contributed by atoms with van der Waals surface area (Å²) in [5.74, 6) is 0.697. The zero-order chi connectivity index (χ0) is 15.1. The van der Waals surface area contributed by atoms with E-state index >= 15 is 0 Å². The maximum atomic E-state index is 11.0. The molecule has 21 heavy (non-hydrogen) atoms. The fraction of sp³-hybridized carbons (Fsp3) is 0.267. The highest BCUT2D eigenvalue weighted by Gasteiger charge is 2.14. The Hall–Kier alpha value is -2.47. The molecule has 1 aromatic carbocycles. The lowest BCUT2D eigenvalue weighted by atomic mass is 10.2. The molecule has 0 bridgehead atoms. The van der Waals surface area contributed by atoms with Crippen LogP contribution in [0.2, 0.25) is 0 Å². The van der Waals surface area contributed by atoms with E-state index in [2.05, 4.69) is 17.2 Å². The van der Waals surface area contributed by atoms with Crippen LogP contribution in [-0.4, -0.2) is 16.5 Å². The third kappa shape index (κ3) is 4.25. The summed E-state index contributed by atoms with van der Waals surface area (Å²) in [6.45, 7) is 3.71. The average molecular weight is 287 g/mol. The van der Waals surface area contributed by atoms with Crippen molar-refractivity contribution in [1.82, 2.24) is 10.3 Å². The number of rotatable bonds is 7. The van der Waals surface area contributed by atoms with Gasteiger partial charge in [-0.1, -0.05) is 19.1 Å². The Morgan fingerprint density at radius 3 is 2.90 bits per heavy atom. The number of hydrogen-bond donors (Lipinski definition) is 1. The normalized spacial score (nSPS) is 10.3. The number of nitro benzene ring substituents is 1. The Balaban J connectivity index is 2.13. The zero-order valence-electron chi connectivity index (χ0n) is 11.8. The molecule has 6 heteroatoms. The minimum atomic E-state index is -0.463. The van der Waals surface area contributed by atoms with Gasteiger partial charge in [-0.25, -0.2) is 0 Å². The van der Waals surface area contributed by atoms with Gasteiger partial charge in [0.15, 0.2) is 0 Å². The lowest BCUT2D eigenvalue weighted by Crippen LogP contribution is -2.13. The molecule has 0 aliphatic rings. The third-order valence-corrected chi connectivity index (χ3v) is 2.82. The molecule has 2 aromatic rings. The van der Waals surface area contributed by atoms with Crippen molar-refractivity contribution in [2.75, 3.05) is 6.54 Å². The van der Waals surface area contributed by atoms with Crippen molar-refractivity contribution in [2.24, 2.45) is 0 Å². The van der Waals surface area contributed by atoms with Crippen LogP contribution in [0.5, 0.6) is 11.5 Å². The monoisotopic (exact) mass is 287 g/mol. The van der Waals surface area contributed by atoms with Gasteiger partial charge in [0.2, 0.25) is 5.75 Å². The lowest BCUT2D eigenvalue weighted by molar-refractivity contribution is -0.385. The first kappa shape index (κ1) is 14.9. The average Bonchev–Trinajstić information content (AvgIpc) is 2.48. The molecule has 6 nitrogen and oxygen atoms in total. The largest absolute Gasteiger partial charge is 0.448 e. The Bertz CT molecular complexity index is 617. The molecule has 1 heterocycles. The lowest BCUT2D eigenvalue weighted by Gasteiger charge is -2.08. The fourth-order valence-corrected chi connectivity index (χ4v) is 1.85. The fourth-order valence-electron chi connectivity index (χ4n) is 1.85. The van der Waals surface area contributed by atoms with Crippen LogP contribution in [0.15, 0.2) is 42.7 Å². The van der Waals surface area contributed by atoms with E-state index < -0.39 is 4.92 Å². The number of para-hydroxylation sites is 2. The summed E-state index contributed by atoms with van der Waals surface area (Å²) in [5, 5.41) is 14.2. The molecule has 0 fully saturated rings. The number of hydrogen-bond acceptors (Lipinski definition) is 5. The standard InChI is InChI=1S/C15H17N3O3/c1-2-7-16-9-12-8-13(11-17-10-12)21-15-6-4-3-5-14(15)18(19)20/h3-6,8,10-11,16H,2,7,9H2,1H3. The smallest absolute Gasteiger partial charge is 0.311 e. The van der Waals surface area contributed by atoms with Gasteiger partial charge in [0.25, 0.3) is 0 Å². The van der Waals surface area contributed by atoms with Gasteiger partial charge >= 0.3 is 5.69 Å². The van der Waals surface area contributed by atoms with Crippen LogP contribution in [-0.2, 0) is 6.54 Å². The quantitative estimate of drug-likeness (QED) is 0.480. The molecule has 110 valence electrons. The van der Waals surface area contributed by atoms with Crippen molar-refractivity contribution in [3.63, 3.8) is 0 Å². The summed E-state index contributed by atoms with van der Waals surface area (Å²) in [4.78, 5) is 14.6. The van der Waals surface area contributed by atoms with E-state index in [1.165, 1.54) is 6.07 Å². The van der Waals surface area contributed by atoms with Crippen LogP contribution in [0.1, 0.15) is 18.9 Å². The van der Waals surface area contributed by atoms with Crippen molar-refractivity contribution < 1.29 is 9.66 Å². The van der Waals surface area contributed by atoms with Crippen molar-refractivity contribution in [3.8, 4) is 11.5 Å². The van der Waals surface area contributed by atoms with Gasteiger partial charge in [-0.3, -0.25) is 15.1 Å². The molecule has 0 aliphatic carbocycles. The van der Waals surface area contributed by atoms with Crippen molar-refractivity contribution in [1.29, 1.82) is 0 Å². The van der Waals surface area contributed by atoms with Crippen molar-refractivity contribution in [2.45, 2.75) is 19.9 Å². The summed E-state index contributed by atoms with van der Waals surface area (Å²) < 4.78 is 5.59. The number of nitrogens with zero attached hydrogens (tertiary/aromatic N) is 2. The predicted molar refractivity (Wildman–Crippen MR) is 79.4 cm³/mol. The number of benzene rings is 1. The van der Waals surface area contributed by atoms with E-state index in [-0.39, 0.29) is 11.4 Å². The molecular formula is C15H17N3O3. The first-order valence-corrected chi connectivity index (χ1v) is 6.76. The maximum Gasteiger partial charge on any atom is 0.311 e. The molecule has 0 unspecified atom stereocenters. The summed E-state index contributed by atoms with van der Waals surface area (Å²) in [5.41, 5.74) is 0.909. The summed E-state index contributed by atoms with van der Waals surface area (Å²) in [6, 6.07) is 8.11. The Labute approximate surface area is 122 Å². The number of nitro groups is 1. The number of nitrogens with one attached hydrogen (secondary N) is 1. The van der Waals surface area contributed by atoms with E-state index in [0.29, 0.717) is 12.3 Å². The first-order valence-electron chi connectivity index (χ1n) is 6.76. The molecule has 0 saturated carbocycles. The molecular weight excluding hydrogens is 270 g/mol. The highest BCUT2D eigenvalue weighted by molar-refractivity contribution is 5.48. The highest BCUT2D eigenvalue weighted by Crippen LogP contribution is 2.30. The highest BCUT2D eigenvalue weighted by atomic mass is 16.6. The summed E-state index contributed by atoms with van der Waals surface area (Å²) >= 11 is 0. The molecule has 0 radical (unpaired) electrons. The van der Waals surface area contributed by atoms with Gasteiger partial charge < -0.3 is 10.1 Å². The predicted octanol–water partition coefficient (Wildman–Crippen LogP) is 3.28. The van der Waals surface area contributed by atoms with E-state index in [0.717, 1.165) is 18.5 Å². The van der Waals surface area contributed by atoms with Gasteiger partial charge in [-0.15, -0.1) is 0 Å². The van der Waals surface area contributed by atoms with Crippen molar-refractivity contribution >= 4 is 5.69 Å². The Morgan fingerprint density at radius 1 is 1.33 bits per heavy atom. The van der Waals surface area contributed by atoms with Crippen LogP contribution in [0.4, 0.5) is 5.69 Å². The molecule has 1 N–H and O–H groups in total. The van der Waals surface area contributed by atoms with Crippen LogP contribution < -0.4 is 10.1 Å². The van der Waals surface area contributed by atoms with E-state index in [4.69, 9.17) is 4.74 Å². The molecule has 2 rings (SSSR count).